The van der Waals surface area contributed by atoms with Gasteiger partial charge in [-0.2, -0.15) is 0 Å². The first-order chi connectivity index (χ1) is 9.43. The minimum Gasteiger partial charge on any atom is -0.350 e. The Bertz CT molecular complexity index is 625. The molecule has 1 amide bonds. The Balaban J connectivity index is 1.75. The summed E-state index contributed by atoms with van der Waals surface area (Å²) >= 11 is 6.03. The molecule has 2 aliphatic rings. The number of carbonyl (C=O) groups is 1. The fraction of sp³-hybridized carbons (Fsp3) is 0.500. The van der Waals surface area contributed by atoms with Crippen molar-refractivity contribution in [2.75, 3.05) is 11.5 Å². The SMILES string of the molecule is O=C(NC1CS(=O)(=O)CC1Cl)C1(c2ccccc2)CC1. The number of hydrogen-bond donors (Lipinski definition) is 1. The second-order valence-corrected chi connectivity index (χ2v) is 8.34. The molecule has 2 unspecified atom stereocenters. The summed E-state index contributed by atoms with van der Waals surface area (Å²) in [6, 6.07) is 9.14. The molecule has 6 heteroatoms. The van der Waals surface area contributed by atoms with Crippen molar-refractivity contribution in [2.45, 2.75) is 29.7 Å². The maximum Gasteiger partial charge on any atom is 0.230 e. The fourth-order valence-corrected chi connectivity index (χ4v) is 5.32. The van der Waals surface area contributed by atoms with E-state index in [0.29, 0.717) is 0 Å². The molecule has 0 aromatic heterocycles. The molecule has 1 saturated carbocycles. The summed E-state index contributed by atoms with van der Waals surface area (Å²) in [6.45, 7) is 0. The van der Waals surface area contributed by atoms with Gasteiger partial charge in [-0.15, -0.1) is 11.6 Å². The molecule has 0 spiro atoms. The van der Waals surface area contributed by atoms with Crippen LogP contribution in [0.15, 0.2) is 30.3 Å². The van der Waals surface area contributed by atoms with Gasteiger partial charge in [0.1, 0.15) is 0 Å². The highest BCUT2D eigenvalue weighted by atomic mass is 35.5. The van der Waals surface area contributed by atoms with Crippen LogP contribution in [0.2, 0.25) is 0 Å². The van der Waals surface area contributed by atoms with Gasteiger partial charge in [-0.25, -0.2) is 8.42 Å². The van der Waals surface area contributed by atoms with E-state index in [9.17, 15) is 13.2 Å². The van der Waals surface area contributed by atoms with Gasteiger partial charge in [-0.1, -0.05) is 30.3 Å². The van der Waals surface area contributed by atoms with Crippen molar-refractivity contribution in [3.05, 3.63) is 35.9 Å². The van der Waals surface area contributed by atoms with E-state index in [1.165, 1.54) is 0 Å². The summed E-state index contributed by atoms with van der Waals surface area (Å²) in [4.78, 5) is 12.5. The minimum atomic E-state index is -3.13. The Morgan fingerprint density at radius 3 is 2.35 bits per heavy atom. The lowest BCUT2D eigenvalue weighted by molar-refractivity contribution is -0.124. The molecule has 1 aliphatic heterocycles. The van der Waals surface area contributed by atoms with E-state index in [-0.39, 0.29) is 17.4 Å². The zero-order chi connectivity index (χ0) is 14.4. The average Bonchev–Trinajstić information content (AvgIpc) is 3.15. The number of benzene rings is 1. The van der Waals surface area contributed by atoms with Crippen LogP contribution >= 0.6 is 11.6 Å². The zero-order valence-electron chi connectivity index (χ0n) is 10.9. The van der Waals surface area contributed by atoms with Crippen molar-refractivity contribution < 1.29 is 13.2 Å². The molecule has 1 aromatic rings. The maximum atomic E-state index is 12.5. The number of rotatable bonds is 3. The number of nitrogens with one attached hydrogen (secondary N) is 1. The molecular formula is C14H16ClNO3S. The Hall–Kier alpha value is -1.07. The molecule has 4 nitrogen and oxygen atoms in total. The number of halogens is 1. The first-order valence-corrected chi connectivity index (χ1v) is 8.90. The van der Waals surface area contributed by atoms with Crippen LogP contribution < -0.4 is 5.32 Å². The highest BCUT2D eigenvalue weighted by molar-refractivity contribution is 7.91. The summed E-state index contributed by atoms with van der Waals surface area (Å²) in [5, 5.41) is 2.30. The van der Waals surface area contributed by atoms with Gasteiger partial charge in [0.2, 0.25) is 5.91 Å². The van der Waals surface area contributed by atoms with Crippen molar-refractivity contribution in [3.8, 4) is 0 Å². The van der Waals surface area contributed by atoms with Crippen LogP contribution in [0.1, 0.15) is 18.4 Å². The normalized spacial score (nSPS) is 29.9. The van der Waals surface area contributed by atoms with E-state index < -0.39 is 26.7 Å². The fourth-order valence-electron chi connectivity index (χ4n) is 2.77. The van der Waals surface area contributed by atoms with E-state index in [4.69, 9.17) is 11.6 Å². The van der Waals surface area contributed by atoms with Crippen LogP contribution in [0, 0.1) is 0 Å². The first-order valence-electron chi connectivity index (χ1n) is 6.64. The summed E-state index contributed by atoms with van der Waals surface area (Å²) in [5.74, 6) is -0.216. The monoisotopic (exact) mass is 313 g/mol. The Morgan fingerprint density at radius 1 is 1.20 bits per heavy atom. The lowest BCUT2D eigenvalue weighted by atomic mass is 9.94. The molecule has 0 radical (unpaired) electrons. The quantitative estimate of drug-likeness (QED) is 0.854. The van der Waals surface area contributed by atoms with E-state index >= 15 is 0 Å². The van der Waals surface area contributed by atoms with Crippen molar-refractivity contribution in [1.29, 1.82) is 0 Å². The Morgan fingerprint density at radius 2 is 1.85 bits per heavy atom. The van der Waals surface area contributed by atoms with E-state index in [2.05, 4.69) is 5.32 Å². The number of hydrogen-bond acceptors (Lipinski definition) is 3. The van der Waals surface area contributed by atoms with Gasteiger partial charge < -0.3 is 5.32 Å². The molecule has 2 fully saturated rings. The molecule has 1 saturated heterocycles. The topological polar surface area (TPSA) is 63.2 Å². The molecule has 3 rings (SSSR count). The molecule has 20 heavy (non-hydrogen) atoms. The van der Waals surface area contributed by atoms with E-state index in [1.54, 1.807) is 0 Å². The molecule has 1 N–H and O–H groups in total. The number of carbonyl (C=O) groups excluding carboxylic acids is 1. The second kappa shape index (κ2) is 4.74. The van der Waals surface area contributed by atoms with Crippen LogP contribution in [0.5, 0.6) is 0 Å². The van der Waals surface area contributed by atoms with Crippen LogP contribution in [-0.4, -0.2) is 37.2 Å². The highest BCUT2D eigenvalue weighted by Crippen LogP contribution is 2.48. The molecule has 1 aliphatic carbocycles. The zero-order valence-corrected chi connectivity index (χ0v) is 12.5. The third kappa shape index (κ3) is 2.44. The standard InChI is InChI=1S/C14H16ClNO3S/c15-11-8-20(18,19)9-12(11)16-13(17)14(6-7-14)10-4-2-1-3-5-10/h1-5,11-12H,6-9H2,(H,16,17). The molecule has 108 valence electrons. The lowest BCUT2D eigenvalue weighted by Gasteiger charge is -2.20. The summed E-state index contributed by atoms with van der Waals surface area (Å²) in [6.07, 6.45) is 1.60. The molecule has 1 aromatic carbocycles. The smallest absolute Gasteiger partial charge is 0.230 e. The second-order valence-electron chi connectivity index (χ2n) is 5.62. The largest absolute Gasteiger partial charge is 0.350 e. The average molecular weight is 314 g/mol. The van der Waals surface area contributed by atoms with Gasteiger partial charge in [0.15, 0.2) is 9.84 Å². The third-order valence-electron chi connectivity index (χ3n) is 4.11. The van der Waals surface area contributed by atoms with E-state index in [0.717, 1.165) is 18.4 Å². The van der Waals surface area contributed by atoms with Gasteiger partial charge in [-0.3, -0.25) is 4.79 Å². The lowest BCUT2D eigenvalue weighted by Crippen LogP contribution is -2.45. The van der Waals surface area contributed by atoms with Crippen LogP contribution in [0.4, 0.5) is 0 Å². The van der Waals surface area contributed by atoms with Crippen LogP contribution in [0.3, 0.4) is 0 Å². The molecule has 2 atom stereocenters. The maximum absolute atomic E-state index is 12.5. The van der Waals surface area contributed by atoms with Crippen molar-refractivity contribution in [1.82, 2.24) is 5.32 Å². The minimum absolute atomic E-state index is 0.0577. The van der Waals surface area contributed by atoms with Crippen molar-refractivity contribution in [3.63, 3.8) is 0 Å². The Labute approximate surface area is 123 Å². The number of alkyl halides is 1. The van der Waals surface area contributed by atoms with E-state index in [1.807, 2.05) is 30.3 Å². The molecule has 1 heterocycles. The number of sulfone groups is 1. The number of amides is 1. The summed E-state index contributed by atoms with van der Waals surface area (Å²) < 4.78 is 23.1. The third-order valence-corrected chi connectivity index (χ3v) is 6.49. The predicted octanol–water partition coefficient (Wildman–Crippen LogP) is 1.24. The van der Waals surface area contributed by atoms with Crippen molar-refractivity contribution >= 4 is 27.3 Å². The first kappa shape index (κ1) is 13.9. The van der Waals surface area contributed by atoms with Gasteiger partial charge >= 0.3 is 0 Å². The van der Waals surface area contributed by atoms with Gasteiger partial charge in [0, 0.05) is 0 Å². The molecular weight excluding hydrogens is 298 g/mol. The summed E-state index contributed by atoms with van der Waals surface area (Å²) in [5.41, 5.74) is 0.508. The summed E-state index contributed by atoms with van der Waals surface area (Å²) in [7, 11) is -3.13. The van der Waals surface area contributed by atoms with Crippen LogP contribution in [0.25, 0.3) is 0 Å². The van der Waals surface area contributed by atoms with Gasteiger partial charge in [0.25, 0.3) is 0 Å². The highest BCUT2D eigenvalue weighted by Gasteiger charge is 2.52. The van der Waals surface area contributed by atoms with Crippen molar-refractivity contribution in [2.24, 2.45) is 0 Å². The predicted molar refractivity (Wildman–Crippen MR) is 77.6 cm³/mol. The Kier molecular flexibility index (Phi) is 3.29. The molecule has 0 bridgehead atoms. The van der Waals surface area contributed by atoms with Crippen LogP contribution in [-0.2, 0) is 20.0 Å². The van der Waals surface area contributed by atoms with Gasteiger partial charge in [-0.05, 0) is 18.4 Å². The van der Waals surface area contributed by atoms with Gasteiger partial charge in [0.05, 0.1) is 28.3 Å².